The molecule has 0 radical (unpaired) electrons. The van der Waals surface area contributed by atoms with Gasteiger partial charge in [-0.1, -0.05) is 78.9 Å². The van der Waals surface area contributed by atoms with E-state index in [2.05, 4.69) is 119 Å². The summed E-state index contributed by atoms with van der Waals surface area (Å²) in [6.07, 6.45) is 7.10. The molecular formula is C51H28N4O2. The summed E-state index contributed by atoms with van der Waals surface area (Å²) >= 11 is 0. The maximum atomic E-state index is 6.89. The first-order valence-corrected chi connectivity index (χ1v) is 19.1. The lowest BCUT2D eigenvalue weighted by Crippen LogP contribution is -2.26. The molecule has 11 aromatic rings. The van der Waals surface area contributed by atoms with Crippen molar-refractivity contribution in [1.29, 1.82) is 0 Å². The summed E-state index contributed by atoms with van der Waals surface area (Å²) in [6.45, 7) is 0. The number of hydrogen-bond donors (Lipinski definition) is 0. The first kappa shape index (κ1) is 30.6. The third kappa shape index (κ3) is 4.08. The van der Waals surface area contributed by atoms with E-state index < -0.39 is 5.41 Å². The Morgan fingerprint density at radius 2 is 1.04 bits per heavy atom. The number of aromatic nitrogens is 4. The van der Waals surface area contributed by atoms with E-state index in [-0.39, 0.29) is 0 Å². The highest BCUT2D eigenvalue weighted by Gasteiger charge is 2.53. The zero-order chi connectivity index (χ0) is 37.2. The third-order valence-corrected chi connectivity index (χ3v) is 12.1. The van der Waals surface area contributed by atoms with Gasteiger partial charge >= 0.3 is 0 Å². The molecular weight excluding hydrogens is 701 g/mol. The van der Waals surface area contributed by atoms with Crippen LogP contribution in [0, 0.1) is 0 Å². The van der Waals surface area contributed by atoms with Crippen LogP contribution < -0.4 is 0 Å². The van der Waals surface area contributed by atoms with E-state index >= 15 is 0 Å². The third-order valence-electron chi connectivity index (χ3n) is 12.1. The number of pyridine rings is 2. The standard InChI is InChI=1S/C51H28N4O2/c1-4-10-39-32(7-1)33-8-2-5-11-40(33)51(39)41-27-47-38(34-9-3-6-12-44(34)56-47)26-37(41)35-15-16-45-48(49(35)51)36-14-13-31(25-46(36)57-45)43-28-42(29-17-21-52-22-18-29)54-50(55-43)30-19-23-53-24-20-30/h1-28H. The summed E-state index contributed by atoms with van der Waals surface area (Å²) < 4.78 is 13.5. The monoisotopic (exact) mass is 728 g/mol. The molecule has 0 amide bonds. The van der Waals surface area contributed by atoms with Crippen LogP contribution in [0.4, 0.5) is 0 Å². The minimum absolute atomic E-state index is 0.592. The predicted octanol–water partition coefficient (Wildman–Crippen LogP) is 12.4. The van der Waals surface area contributed by atoms with Gasteiger partial charge in [-0.3, -0.25) is 9.97 Å². The summed E-state index contributed by atoms with van der Waals surface area (Å²) in [7, 11) is 0. The molecule has 6 nitrogen and oxygen atoms in total. The average molecular weight is 729 g/mol. The zero-order valence-electron chi connectivity index (χ0n) is 30.3. The van der Waals surface area contributed by atoms with Gasteiger partial charge in [0, 0.05) is 63.0 Å². The molecule has 0 saturated heterocycles. The molecule has 5 heterocycles. The highest BCUT2D eigenvalue weighted by molar-refractivity contribution is 6.16. The van der Waals surface area contributed by atoms with Crippen LogP contribution in [0.3, 0.4) is 0 Å². The van der Waals surface area contributed by atoms with Crippen molar-refractivity contribution in [1.82, 2.24) is 19.9 Å². The average Bonchev–Trinajstić information content (AvgIpc) is 4.00. The summed E-state index contributed by atoms with van der Waals surface area (Å²) in [5, 5.41) is 4.43. The Hall–Kier alpha value is -7.70. The van der Waals surface area contributed by atoms with Gasteiger partial charge in [0.25, 0.3) is 0 Å². The Kier molecular flexibility index (Phi) is 6.00. The lowest BCUT2D eigenvalue weighted by Gasteiger charge is -2.31. The minimum atomic E-state index is -0.592. The van der Waals surface area contributed by atoms with Gasteiger partial charge in [-0.05, 0) is 111 Å². The molecule has 13 rings (SSSR count). The van der Waals surface area contributed by atoms with Crippen LogP contribution in [0.25, 0.3) is 100 Å². The number of benzene rings is 6. The van der Waals surface area contributed by atoms with Crippen LogP contribution in [0.1, 0.15) is 22.3 Å². The van der Waals surface area contributed by atoms with Gasteiger partial charge in [0.15, 0.2) is 5.82 Å². The fraction of sp³-hybridized carbons (Fsp3) is 0.0196. The maximum absolute atomic E-state index is 6.89. The lowest BCUT2D eigenvalue weighted by molar-refractivity contribution is 0.666. The van der Waals surface area contributed by atoms with Crippen LogP contribution in [-0.2, 0) is 5.41 Å². The summed E-state index contributed by atoms with van der Waals surface area (Å²) in [5.41, 5.74) is 17.2. The number of furan rings is 2. The highest BCUT2D eigenvalue weighted by atomic mass is 16.3. The van der Waals surface area contributed by atoms with E-state index in [9.17, 15) is 0 Å². The quantitative estimate of drug-likeness (QED) is 0.180. The number of fused-ring (bicyclic) bond motifs is 17. The van der Waals surface area contributed by atoms with Gasteiger partial charge in [0.2, 0.25) is 0 Å². The van der Waals surface area contributed by atoms with Gasteiger partial charge in [-0.25, -0.2) is 9.97 Å². The molecule has 6 aromatic carbocycles. The molecule has 2 aliphatic carbocycles. The number of hydrogen-bond acceptors (Lipinski definition) is 6. The van der Waals surface area contributed by atoms with Gasteiger partial charge < -0.3 is 8.83 Å². The zero-order valence-corrected chi connectivity index (χ0v) is 30.3. The fourth-order valence-corrected chi connectivity index (χ4v) is 9.77. The number of nitrogens with zero attached hydrogens (tertiary/aromatic N) is 4. The van der Waals surface area contributed by atoms with Crippen molar-refractivity contribution in [3.05, 3.63) is 193 Å². The molecule has 6 heteroatoms. The fourth-order valence-electron chi connectivity index (χ4n) is 9.77. The van der Waals surface area contributed by atoms with Crippen molar-refractivity contribution in [3.63, 3.8) is 0 Å². The molecule has 57 heavy (non-hydrogen) atoms. The van der Waals surface area contributed by atoms with Crippen molar-refractivity contribution in [3.8, 4) is 56.2 Å². The van der Waals surface area contributed by atoms with Crippen LogP contribution in [0.2, 0.25) is 0 Å². The second-order valence-electron chi connectivity index (χ2n) is 14.9. The van der Waals surface area contributed by atoms with E-state index in [1.165, 1.54) is 44.5 Å². The van der Waals surface area contributed by atoms with E-state index in [1.807, 2.05) is 36.4 Å². The molecule has 2 aliphatic rings. The van der Waals surface area contributed by atoms with Crippen LogP contribution in [-0.4, -0.2) is 19.9 Å². The summed E-state index contributed by atoms with van der Waals surface area (Å²) in [5.74, 6) is 0.626. The molecule has 0 unspecified atom stereocenters. The Morgan fingerprint density at radius 3 is 1.81 bits per heavy atom. The van der Waals surface area contributed by atoms with Gasteiger partial charge in [-0.2, -0.15) is 0 Å². The Morgan fingerprint density at radius 1 is 0.386 bits per heavy atom. The maximum Gasteiger partial charge on any atom is 0.160 e. The first-order chi connectivity index (χ1) is 28.2. The summed E-state index contributed by atoms with van der Waals surface area (Å²) in [6, 6.07) is 51.6. The molecule has 0 N–H and O–H groups in total. The predicted molar refractivity (Wildman–Crippen MR) is 225 cm³/mol. The van der Waals surface area contributed by atoms with Crippen molar-refractivity contribution in [2.45, 2.75) is 5.41 Å². The second kappa shape index (κ2) is 11.2. The van der Waals surface area contributed by atoms with E-state index in [4.69, 9.17) is 18.8 Å². The van der Waals surface area contributed by atoms with Gasteiger partial charge in [0.1, 0.15) is 22.3 Å². The van der Waals surface area contributed by atoms with E-state index in [0.717, 1.165) is 72.0 Å². The largest absolute Gasteiger partial charge is 0.456 e. The molecule has 264 valence electrons. The Labute approximate surface area is 325 Å². The Bertz CT molecular complexity index is 3370. The molecule has 0 fully saturated rings. The molecule has 1 spiro atoms. The highest BCUT2D eigenvalue weighted by Crippen LogP contribution is 2.65. The van der Waals surface area contributed by atoms with Crippen molar-refractivity contribution < 1.29 is 8.83 Å². The summed E-state index contributed by atoms with van der Waals surface area (Å²) in [4.78, 5) is 18.5. The minimum Gasteiger partial charge on any atom is -0.456 e. The molecule has 0 saturated carbocycles. The lowest BCUT2D eigenvalue weighted by atomic mass is 9.69. The van der Waals surface area contributed by atoms with Crippen LogP contribution >= 0.6 is 0 Å². The number of rotatable bonds is 3. The smallest absolute Gasteiger partial charge is 0.160 e. The molecule has 0 aliphatic heterocycles. The molecule has 5 aromatic heterocycles. The molecule has 0 bridgehead atoms. The normalized spacial score (nSPS) is 13.4. The van der Waals surface area contributed by atoms with Crippen molar-refractivity contribution >= 4 is 43.9 Å². The van der Waals surface area contributed by atoms with Gasteiger partial charge in [0.05, 0.1) is 16.8 Å². The van der Waals surface area contributed by atoms with E-state index in [0.29, 0.717) is 5.82 Å². The topological polar surface area (TPSA) is 77.8 Å². The van der Waals surface area contributed by atoms with Crippen LogP contribution in [0.5, 0.6) is 0 Å². The van der Waals surface area contributed by atoms with E-state index in [1.54, 1.807) is 24.8 Å². The van der Waals surface area contributed by atoms with Crippen molar-refractivity contribution in [2.75, 3.05) is 0 Å². The van der Waals surface area contributed by atoms with Crippen molar-refractivity contribution in [2.24, 2.45) is 0 Å². The molecule has 0 atom stereocenters. The van der Waals surface area contributed by atoms with Crippen LogP contribution in [0.15, 0.2) is 179 Å². The Balaban J connectivity index is 1.09. The number of para-hydroxylation sites is 1. The SMILES string of the molecule is c1ccc2c(c1)-c1ccccc1C21c2cc3oc4ccccc4c3cc2-c2ccc3oc4cc(-c5cc(-c6ccncc6)nc(-c6ccncc6)n5)ccc4c3c21. The first-order valence-electron chi connectivity index (χ1n) is 19.1. The second-order valence-corrected chi connectivity index (χ2v) is 14.9. The van der Waals surface area contributed by atoms with Gasteiger partial charge in [-0.15, -0.1) is 0 Å².